The summed E-state index contributed by atoms with van der Waals surface area (Å²) in [6.45, 7) is 0.577. The zero-order valence-corrected chi connectivity index (χ0v) is 17.6. The van der Waals surface area contributed by atoms with E-state index in [1.165, 1.54) is 28.4 Å². The van der Waals surface area contributed by atoms with Crippen LogP contribution in [0.2, 0.25) is 0 Å². The zero-order valence-electron chi connectivity index (χ0n) is 15.1. The van der Waals surface area contributed by atoms with E-state index >= 15 is 0 Å². The van der Waals surface area contributed by atoms with E-state index in [1.807, 2.05) is 55.8 Å². The summed E-state index contributed by atoms with van der Waals surface area (Å²) in [4.78, 5) is 15.7. The second kappa shape index (κ2) is 9.69. The fourth-order valence-corrected chi connectivity index (χ4v) is 6.62. The van der Waals surface area contributed by atoms with Crippen molar-refractivity contribution in [2.45, 2.75) is 17.0 Å². The van der Waals surface area contributed by atoms with Crippen LogP contribution in [0.15, 0.2) is 41.8 Å². The van der Waals surface area contributed by atoms with Gasteiger partial charge in [0.2, 0.25) is 0 Å². The predicted octanol–water partition coefficient (Wildman–Crippen LogP) is 5.04. The number of benzene rings is 1. The van der Waals surface area contributed by atoms with Crippen LogP contribution in [0.1, 0.15) is 27.5 Å². The van der Waals surface area contributed by atoms with Crippen molar-refractivity contribution in [3.8, 4) is 0 Å². The minimum atomic E-state index is -0.158. The molecule has 1 aromatic heterocycles. The van der Waals surface area contributed by atoms with Gasteiger partial charge in [-0.25, -0.2) is 4.79 Å². The first kappa shape index (κ1) is 19.6. The number of amides is 2. The molecule has 1 saturated heterocycles. The van der Waals surface area contributed by atoms with Crippen LogP contribution in [-0.4, -0.2) is 43.1 Å². The van der Waals surface area contributed by atoms with Crippen molar-refractivity contribution in [3.05, 3.63) is 52.2 Å². The van der Waals surface area contributed by atoms with Crippen LogP contribution < -0.4 is 10.6 Å². The van der Waals surface area contributed by atoms with Gasteiger partial charge in [-0.15, -0.1) is 34.9 Å². The molecule has 2 heterocycles. The first-order valence-electron chi connectivity index (χ1n) is 8.71. The first-order valence-corrected chi connectivity index (χ1v) is 11.7. The van der Waals surface area contributed by atoms with E-state index in [2.05, 4.69) is 39.1 Å². The van der Waals surface area contributed by atoms with E-state index in [0.717, 1.165) is 5.69 Å². The number of thiophene rings is 1. The number of carbonyl (C=O) groups excluding carboxylic acids is 1. The number of hydrogen-bond donors (Lipinski definition) is 2. The Labute approximate surface area is 168 Å². The van der Waals surface area contributed by atoms with Crippen molar-refractivity contribution < 1.29 is 4.79 Å². The Bertz CT molecular complexity index is 700. The van der Waals surface area contributed by atoms with E-state index in [1.54, 1.807) is 11.3 Å². The van der Waals surface area contributed by atoms with Gasteiger partial charge in [0.15, 0.2) is 0 Å². The largest absolute Gasteiger partial charge is 0.336 e. The lowest BCUT2D eigenvalue weighted by atomic mass is 10.2. The van der Waals surface area contributed by atoms with Gasteiger partial charge >= 0.3 is 6.03 Å². The first-order chi connectivity index (χ1) is 12.6. The highest BCUT2D eigenvalue weighted by Gasteiger charge is 2.18. The summed E-state index contributed by atoms with van der Waals surface area (Å²) in [5.74, 6) is 2.43. The van der Waals surface area contributed by atoms with Crippen LogP contribution in [0.4, 0.5) is 10.5 Å². The molecule has 2 aromatic rings. The van der Waals surface area contributed by atoms with Crippen LogP contribution in [0.3, 0.4) is 0 Å². The smallest absolute Gasteiger partial charge is 0.319 e. The van der Waals surface area contributed by atoms with Gasteiger partial charge in [0.1, 0.15) is 0 Å². The highest BCUT2D eigenvalue weighted by Crippen LogP contribution is 2.44. The Morgan fingerprint density at radius 2 is 2.04 bits per heavy atom. The van der Waals surface area contributed by atoms with Gasteiger partial charge in [-0.2, -0.15) is 0 Å². The van der Waals surface area contributed by atoms with Crippen LogP contribution >= 0.6 is 34.9 Å². The lowest BCUT2D eigenvalue weighted by Gasteiger charge is -2.24. The second-order valence-electron chi connectivity index (χ2n) is 6.38. The number of likely N-dealkylation sites (N-methyl/N-ethyl adjacent to an activating group) is 1. The van der Waals surface area contributed by atoms with Gasteiger partial charge in [-0.1, -0.05) is 18.2 Å². The van der Waals surface area contributed by atoms with Crippen LogP contribution in [0.25, 0.3) is 0 Å². The van der Waals surface area contributed by atoms with E-state index in [0.29, 0.717) is 11.1 Å². The van der Waals surface area contributed by atoms with E-state index < -0.39 is 0 Å². The average molecular weight is 408 g/mol. The minimum Gasteiger partial charge on any atom is -0.336 e. The lowest BCUT2D eigenvalue weighted by molar-refractivity contribution is 0.244. The third-order valence-electron chi connectivity index (χ3n) is 4.19. The normalized spacial score (nSPS) is 16.4. The Hall–Kier alpha value is -1.15. The number of hydrogen-bond acceptors (Lipinski definition) is 5. The molecule has 1 aromatic carbocycles. The Morgan fingerprint density at radius 1 is 1.23 bits per heavy atom. The summed E-state index contributed by atoms with van der Waals surface area (Å²) in [5.41, 5.74) is 2.13. The monoisotopic (exact) mass is 407 g/mol. The molecule has 0 bridgehead atoms. The molecule has 1 unspecified atom stereocenters. The molecule has 1 aliphatic heterocycles. The summed E-state index contributed by atoms with van der Waals surface area (Å²) >= 11 is 5.69. The Kier molecular flexibility index (Phi) is 7.31. The van der Waals surface area contributed by atoms with Crippen molar-refractivity contribution in [2.24, 2.45) is 0 Å². The van der Waals surface area contributed by atoms with Crippen molar-refractivity contribution in [1.82, 2.24) is 10.2 Å². The molecule has 140 valence electrons. The van der Waals surface area contributed by atoms with Crippen molar-refractivity contribution >= 4 is 46.6 Å². The molecule has 4 nitrogen and oxygen atoms in total. The number of urea groups is 1. The molecule has 0 spiro atoms. The maximum Gasteiger partial charge on any atom is 0.319 e. The summed E-state index contributed by atoms with van der Waals surface area (Å²) < 4.78 is 0.477. The van der Waals surface area contributed by atoms with Gasteiger partial charge < -0.3 is 15.5 Å². The van der Waals surface area contributed by atoms with E-state index in [4.69, 9.17) is 0 Å². The fourth-order valence-electron chi connectivity index (χ4n) is 2.83. The molecule has 2 N–H and O–H groups in total. The molecule has 0 aliphatic carbocycles. The predicted molar refractivity (Wildman–Crippen MR) is 116 cm³/mol. The quantitative estimate of drug-likeness (QED) is 0.704. The van der Waals surface area contributed by atoms with Gasteiger partial charge in [-0.3, -0.25) is 0 Å². The SMILES string of the molecule is CN(C)C(CNC(=O)Nc1cccc(C2SCCCS2)c1)c1cccs1. The topological polar surface area (TPSA) is 44.4 Å². The van der Waals surface area contributed by atoms with E-state index in [-0.39, 0.29) is 12.1 Å². The highest BCUT2D eigenvalue weighted by molar-refractivity contribution is 8.16. The molecule has 0 saturated carbocycles. The van der Waals surface area contributed by atoms with Crippen molar-refractivity contribution in [2.75, 3.05) is 37.5 Å². The molecular weight excluding hydrogens is 382 g/mol. The fraction of sp³-hybridized carbons (Fsp3) is 0.421. The number of anilines is 1. The lowest BCUT2D eigenvalue weighted by Crippen LogP contribution is -2.36. The average Bonchev–Trinajstić information content (AvgIpc) is 3.17. The molecule has 1 aliphatic rings. The van der Waals surface area contributed by atoms with Gasteiger partial charge in [0.25, 0.3) is 0 Å². The summed E-state index contributed by atoms with van der Waals surface area (Å²) in [6.07, 6.45) is 1.28. The standard InChI is InChI=1S/C19H25N3OS3/c1-22(2)16(17-8-4-9-24-17)13-20-19(23)21-15-7-3-6-14(12-15)18-25-10-5-11-26-18/h3-4,6-9,12,16,18H,5,10-11,13H2,1-2H3,(H2,20,21,23). The Morgan fingerprint density at radius 3 is 2.73 bits per heavy atom. The highest BCUT2D eigenvalue weighted by atomic mass is 32.2. The molecule has 1 atom stereocenters. The number of nitrogens with zero attached hydrogens (tertiary/aromatic N) is 1. The zero-order chi connectivity index (χ0) is 18.4. The van der Waals surface area contributed by atoms with Crippen LogP contribution in [-0.2, 0) is 0 Å². The molecule has 26 heavy (non-hydrogen) atoms. The van der Waals surface area contributed by atoms with Gasteiger partial charge in [-0.05, 0) is 61.2 Å². The molecule has 3 rings (SSSR count). The van der Waals surface area contributed by atoms with Crippen molar-refractivity contribution in [3.63, 3.8) is 0 Å². The maximum atomic E-state index is 12.3. The Balaban J connectivity index is 1.56. The van der Waals surface area contributed by atoms with Gasteiger partial charge in [0, 0.05) is 17.1 Å². The third kappa shape index (κ3) is 5.42. The number of rotatable bonds is 6. The molecule has 7 heteroatoms. The number of nitrogens with one attached hydrogen (secondary N) is 2. The summed E-state index contributed by atoms with van der Waals surface area (Å²) in [6, 6.07) is 12.4. The third-order valence-corrected chi connectivity index (χ3v) is 8.18. The molecule has 2 amide bonds. The van der Waals surface area contributed by atoms with Crippen molar-refractivity contribution in [1.29, 1.82) is 0 Å². The van der Waals surface area contributed by atoms with Gasteiger partial charge in [0.05, 0.1) is 10.6 Å². The van der Waals surface area contributed by atoms with E-state index in [9.17, 15) is 4.79 Å². The molecule has 0 radical (unpaired) electrons. The summed E-state index contributed by atoms with van der Waals surface area (Å²) in [5, 5.41) is 8.05. The minimum absolute atomic E-state index is 0.158. The van der Waals surface area contributed by atoms with Crippen LogP contribution in [0, 0.1) is 0 Å². The van der Waals surface area contributed by atoms with Crippen LogP contribution in [0.5, 0.6) is 0 Å². The second-order valence-corrected chi connectivity index (χ2v) is 10.1. The maximum absolute atomic E-state index is 12.3. The molecular formula is C19H25N3OS3. The summed E-state index contributed by atoms with van der Waals surface area (Å²) in [7, 11) is 4.07. The number of carbonyl (C=O) groups is 1. The molecule has 1 fully saturated rings. The number of thioether (sulfide) groups is 2.